The number of carbonyl (C=O) groups excluding carboxylic acids is 1. The number of hydrogen-bond donors (Lipinski definition) is 3. The molecule has 2 aromatic rings. The molecule has 0 radical (unpaired) electrons. The zero-order chi connectivity index (χ0) is 24.1. The number of hydrogen-bond acceptors (Lipinski definition) is 6. The van der Waals surface area contributed by atoms with Crippen molar-refractivity contribution in [2.75, 3.05) is 25.4 Å². The molecule has 4 N–H and O–H groups in total. The maximum atomic E-state index is 13.1. The maximum absolute atomic E-state index is 13.1. The highest BCUT2D eigenvalue weighted by atomic mass is 16.5. The predicted molar refractivity (Wildman–Crippen MR) is 133 cm³/mol. The molecule has 176 valence electrons. The molecule has 1 amide bonds. The van der Waals surface area contributed by atoms with Crippen LogP contribution in [0.3, 0.4) is 0 Å². The fourth-order valence-corrected chi connectivity index (χ4v) is 4.45. The highest BCUT2D eigenvalue weighted by molar-refractivity contribution is 5.99. The first-order chi connectivity index (χ1) is 16.5. The number of carbonyl (C=O) groups is 1. The molecular formula is C27H31N5O2. The van der Waals surface area contributed by atoms with Gasteiger partial charge >= 0.3 is 0 Å². The Morgan fingerprint density at radius 1 is 1.29 bits per heavy atom. The van der Waals surface area contributed by atoms with Gasteiger partial charge in [-0.15, -0.1) is 0 Å². The van der Waals surface area contributed by atoms with E-state index in [0.717, 1.165) is 24.0 Å². The van der Waals surface area contributed by atoms with Gasteiger partial charge in [0, 0.05) is 24.8 Å². The molecule has 7 nitrogen and oxygen atoms in total. The monoisotopic (exact) mass is 457 g/mol. The molecule has 1 aliphatic heterocycles. The second-order valence-corrected chi connectivity index (χ2v) is 8.92. The molecule has 1 saturated heterocycles. The second-order valence-electron chi connectivity index (χ2n) is 8.92. The molecule has 7 heteroatoms. The third kappa shape index (κ3) is 5.36. The van der Waals surface area contributed by atoms with E-state index in [-0.39, 0.29) is 23.9 Å². The van der Waals surface area contributed by atoms with E-state index in [1.165, 1.54) is 11.1 Å². The summed E-state index contributed by atoms with van der Waals surface area (Å²) in [6.45, 7) is 6.29. The van der Waals surface area contributed by atoms with Gasteiger partial charge in [0.2, 0.25) is 0 Å². The summed E-state index contributed by atoms with van der Waals surface area (Å²) in [6.07, 6.45) is 8.11. The molecule has 1 aromatic heterocycles. The van der Waals surface area contributed by atoms with Crippen molar-refractivity contribution in [1.82, 2.24) is 15.6 Å². The van der Waals surface area contributed by atoms with Gasteiger partial charge in [0.05, 0.1) is 35.9 Å². The Hall–Kier alpha value is -3.47. The van der Waals surface area contributed by atoms with E-state index in [9.17, 15) is 4.79 Å². The summed E-state index contributed by atoms with van der Waals surface area (Å²) >= 11 is 0. The Balaban J connectivity index is 1.41. The Morgan fingerprint density at radius 3 is 2.82 bits per heavy atom. The van der Waals surface area contributed by atoms with Crippen LogP contribution in [0.4, 0.5) is 5.82 Å². The Morgan fingerprint density at radius 2 is 2.09 bits per heavy atom. The topological polar surface area (TPSA) is 113 Å². The highest BCUT2D eigenvalue weighted by Crippen LogP contribution is 2.26. The minimum Gasteiger partial charge on any atom is -0.383 e. The second kappa shape index (κ2) is 10.6. The van der Waals surface area contributed by atoms with E-state index in [2.05, 4.69) is 47.7 Å². The van der Waals surface area contributed by atoms with Gasteiger partial charge in [-0.2, -0.15) is 5.26 Å². The summed E-state index contributed by atoms with van der Waals surface area (Å²) in [7, 11) is 0. The molecule has 3 atom stereocenters. The van der Waals surface area contributed by atoms with E-state index < -0.39 is 0 Å². The first kappa shape index (κ1) is 23.7. The number of anilines is 1. The molecule has 0 saturated carbocycles. The van der Waals surface area contributed by atoms with Gasteiger partial charge in [-0.1, -0.05) is 43.7 Å². The van der Waals surface area contributed by atoms with Gasteiger partial charge in [0.1, 0.15) is 5.82 Å². The number of benzene rings is 1. The zero-order valence-electron chi connectivity index (χ0n) is 19.7. The summed E-state index contributed by atoms with van der Waals surface area (Å²) in [6, 6.07) is 10.8. The molecule has 1 aliphatic carbocycles. The third-order valence-corrected chi connectivity index (χ3v) is 6.60. The van der Waals surface area contributed by atoms with E-state index in [1.54, 1.807) is 24.4 Å². The average Bonchev–Trinajstić information content (AvgIpc) is 3.30. The molecule has 1 fully saturated rings. The summed E-state index contributed by atoms with van der Waals surface area (Å²) in [4.78, 5) is 17.3. The highest BCUT2D eigenvalue weighted by Gasteiger charge is 2.30. The van der Waals surface area contributed by atoms with Crippen LogP contribution in [-0.2, 0) is 4.74 Å². The van der Waals surface area contributed by atoms with Crippen LogP contribution in [0.25, 0.3) is 11.1 Å². The first-order valence-corrected chi connectivity index (χ1v) is 11.8. The number of amides is 1. The number of nitrogens with zero attached hydrogens (tertiary/aromatic N) is 2. The molecular weight excluding hydrogens is 426 g/mol. The first-order valence-electron chi connectivity index (χ1n) is 11.8. The van der Waals surface area contributed by atoms with Crippen LogP contribution in [0.5, 0.6) is 0 Å². The number of nitrogens with one attached hydrogen (secondary N) is 2. The van der Waals surface area contributed by atoms with Crippen molar-refractivity contribution in [3.05, 3.63) is 71.0 Å². The molecule has 0 spiro atoms. The van der Waals surface area contributed by atoms with Gasteiger partial charge in [0.25, 0.3) is 5.91 Å². The van der Waals surface area contributed by atoms with Gasteiger partial charge in [-0.25, -0.2) is 4.98 Å². The van der Waals surface area contributed by atoms with Crippen molar-refractivity contribution >= 4 is 11.7 Å². The van der Waals surface area contributed by atoms with E-state index in [0.29, 0.717) is 36.7 Å². The van der Waals surface area contributed by atoms with Crippen LogP contribution in [0.15, 0.2) is 59.8 Å². The number of nitrogen functional groups attached to an aromatic ring is 1. The number of rotatable bonds is 7. The number of allylic oxidation sites excluding steroid dienone is 2. The number of ether oxygens (including phenoxy) is 1. The van der Waals surface area contributed by atoms with Crippen molar-refractivity contribution in [1.29, 1.82) is 5.26 Å². The van der Waals surface area contributed by atoms with Crippen molar-refractivity contribution in [2.24, 2.45) is 5.92 Å². The number of aromatic nitrogens is 1. The molecule has 3 unspecified atom stereocenters. The molecule has 2 aliphatic rings. The Kier molecular flexibility index (Phi) is 7.41. The number of nitriles is 1. The Labute approximate surface area is 200 Å². The van der Waals surface area contributed by atoms with Crippen LogP contribution in [-0.4, -0.2) is 42.7 Å². The van der Waals surface area contributed by atoms with Crippen molar-refractivity contribution in [2.45, 2.75) is 38.8 Å². The Bertz CT molecular complexity index is 1150. The van der Waals surface area contributed by atoms with Crippen LogP contribution in [0.2, 0.25) is 0 Å². The fraction of sp³-hybridized carbons (Fsp3) is 0.370. The lowest BCUT2D eigenvalue weighted by atomic mass is 9.88. The largest absolute Gasteiger partial charge is 0.383 e. The minimum absolute atomic E-state index is 0.126. The summed E-state index contributed by atoms with van der Waals surface area (Å²) in [5.74, 6) is 0.492. The van der Waals surface area contributed by atoms with Crippen LogP contribution in [0, 0.1) is 17.2 Å². The number of nitrogens with two attached hydrogens (primary N) is 1. The van der Waals surface area contributed by atoms with Gasteiger partial charge < -0.3 is 21.1 Å². The zero-order valence-corrected chi connectivity index (χ0v) is 19.7. The quantitative estimate of drug-likeness (QED) is 0.586. The molecule has 34 heavy (non-hydrogen) atoms. The van der Waals surface area contributed by atoms with Crippen molar-refractivity contribution in [3.63, 3.8) is 0 Å². The van der Waals surface area contributed by atoms with Crippen LogP contribution < -0.4 is 16.4 Å². The standard InChI is InChI=1S/C27H31N5O2/c1-3-20-10-19(5-4-17(20)2)16-34-25-15-30-14-24(25)32-27(33)23-11-22(13-31-26(23)29)21-8-6-18(12-28)7-9-21/h5-11,13,17,24-25,30H,3-4,14-16H2,1-2H3,(H2,29,31)(H,32,33). The van der Waals surface area contributed by atoms with Gasteiger partial charge in [-0.05, 0) is 48.1 Å². The minimum atomic E-state index is -0.276. The smallest absolute Gasteiger partial charge is 0.255 e. The van der Waals surface area contributed by atoms with Crippen LogP contribution >= 0.6 is 0 Å². The lowest BCUT2D eigenvalue weighted by molar-refractivity contribution is 0.0603. The third-order valence-electron chi connectivity index (χ3n) is 6.60. The molecule has 4 rings (SSSR count). The van der Waals surface area contributed by atoms with E-state index in [4.69, 9.17) is 15.7 Å². The summed E-state index contributed by atoms with van der Waals surface area (Å²) in [5.41, 5.74) is 11.2. The molecule has 1 aromatic carbocycles. The molecule has 0 bridgehead atoms. The van der Waals surface area contributed by atoms with Gasteiger partial charge in [0.15, 0.2) is 0 Å². The SMILES string of the molecule is CCC1=CC(COC2CNCC2NC(=O)c2cc(-c3ccc(C#N)cc3)cnc2N)=CCC1C. The normalized spacial score (nSPS) is 22.0. The van der Waals surface area contributed by atoms with Gasteiger partial charge in [-0.3, -0.25) is 4.79 Å². The molecule has 2 heterocycles. The lowest BCUT2D eigenvalue weighted by Gasteiger charge is -2.23. The van der Waals surface area contributed by atoms with Crippen LogP contribution in [0.1, 0.15) is 42.6 Å². The van der Waals surface area contributed by atoms with E-state index >= 15 is 0 Å². The predicted octanol–water partition coefficient (Wildman–Crippen LogP) is 3.59. The summed E-state index contributed by atoms with van der Waals surface area (Å²) < 4.78 is 6.20. The number of pyridine rings is 1. The van der Waals surface area contributed by atoms with Crippen molar-refractivity contribution < 1.29 is 9.53 Å². The van der Waals surface area contributed by atoms with E-state index in [1.807, 2.05) is 12.1 Å². The fourth-order valence-electron chi connectivity index (χ4n) is 4.45. The van der Waals surface area contributed by atoms with Crippen molar-refractivity contribution in [3.8, 4) is 17.2 Å². The maximum Gasteiger partial charge on any atom is 0.255 e. The lowest BCUT2D eigenvalue weighted by Crippen LogP contribution is -2.44. The summed E-state index contributed by atoms with van der Waals surface area (Å²) in [5, 5.41) is 15.4. The average molecular weight is 458 g/mol.